The van der Waals surface area contributed by atoms with Crippen molar-refractivity contribution in [1.29, 1.82) is 0 Å². The second kappa shape index (κ2) is 11.4. The standard InChI is InChI=1S/C20H22ClN5O4S/c1-2-9-22-19(28)23-18(27)13-31-20-25-24-17(26(20)11-16-4-3-10-29-16)12-30-15-7-5-14(21)6-8-15/h3-8,10H,2,9,11-13H2,1H3,(H2,22,23,27,28). The van der Waals surface area contributed by atoms with Crippen LogP contribution in [0.1, 0.15) is 24.9 Å². The quantitative estimate of drug-likeness (QED) is 0.443. The molecule has 164 valence electrons. The lowest BCUT2D eigenvalue weighted by atomic mass is 10.3. The molecule has 0 unspecified atom stereocenters. The Morgan fingerprint density at radius 2 is 2.03 bits per heavy atom. The van der Waals surface area contributed by atoms with Crippen molar-refractivity contribution in [1.82, 2.24) is 25.4 Å². The summed E-state index contributed by atoms with van der Waals surface area (Å²) < 4.78 is 13.0. The number of thioether (sulfide) groups is 1. The van der Waals surface area contributed by atoms with Gasteiger partial charge in [-0.3, -0.25) is 14.7 Å². The van der Waals surface area contributed by atoms with Gasteiger partial charge in [-0.15, -0.1) is 10.2 Å². The highest BCUT2D eigenvalue weighted by molar-refractivity contribution is 7.99. The van der Waals surface area contributed by atoms with Crippen LogP contribution in [0.2, 0.25) is 5.02 Å². The number of furan rings is 1. The molecule has 3 amide bonds. The Morgan fingerprint density at radius 1 is 1.23 bits per heavy atom. The molecule has 0 saturated heterocycles. The molecule has 0 atom stereocenters. The number of halogens is 1. The smallest absolute Gasteiger partial charge is 0.321 e. The Labute approximate surface area is 188 Å². The summed E-state index contributed by atoms with van der Waals surface area (Å²) in [5.41, 5.74) is 0. The molecule has 0 bridgehead atoms. The van der Waals surface area contributed by atoms with E-state index in [9.17, 15) is 9.59 Å². The lowest BCUT2D eigenvalue weighted by Gasteiger charge is -2.10. The minimum atomic E-state index is -0.512. The van der Waals surface area contributed by atoms with E-state index < -0.39 is 11.9 Å². The van der Waals surface area contributed by atoms with Gasteiger partial charge in [0.2, 0.25) is 5.91 Å². The molecular weight excluding hydrogens is 442 g/mol. The zero-order valence-electron chi connectivity index (χ0n) is 16.8. The van der Waals surface area contributed by atoms with E-state index in [1.807, 2.05) is 17.6 Å². The topological polar surface area (TPSA) is 111 Å². The van der Waals surface area contributed by atoms with Crippen LogP contribution in [0.5, 0.6) is 5.75 Å². The van der Waals surface area contributed by atoms with Crippen molar-refractivity contribution in [3.05, 3.63) is 59.3 Å². The number of benzene rings is 1. The third-order valence-corrected chi connectivity index (χ3v) is 5.21. The summed E-state index contributed by atoms with van der Waals surface area (Å²) in [6, 6.07) is 10.1. The molecule has 2 aromatic heterocycles. The maximum atomic E-state index is 12.1. The molecule has 11 heteroatoms. The molecule has 3 rings (SSSR count). The van der Waals surface area contributed by atoms with E-state index >= 15 is 0 Å². The maximum absolute atomic E-state index is 12.1. The van der Waals surface area contributed by atoms with Gasteiger partial charge < -0.3 is 14.5 Å². The summed E-state index contributed by atoms with van der Waals surface area (Å²) in [4.78, 5) is 23.7. The molecule has 9 nitrogen and oxygen atoms in total. The number of imide groups is 1. The summed E-state index contributed by atoms with van der Waals surface area (Å²) >= 11 is 7.07. The zero-order valence-corrected chi connectivity index (χ0v) is 18.4. The molecule has 0 spiro atoms. The molecule has 1 aromatic carbocycles. The third-order valence-electron chi connectivity index (χ3n) is 3.99. The minimum absolute atomic E-state index is 0.00781. The molecule has 31 heavy (non-hydrogen) atoms. The number of ether oxygens (including phenoxy) is 1. The lowest BCUT2D eigenvalue weighted by Crippen LogP contribution is -2.40. The van der Waals surface area contributed by atoms with Crippen molar-refractivity contribution >= 4 is 35.3 Å². The third kappa shape index (κ3) is 7.04. The van der Waals surface area contributed by atoms with E-state index in [0.717, 1.165) is 6.42 Å². The number of nitrogens with zero attached hydrogens (tertiary/aromatic N) is 3. The molecule has 0 fully saturated rings. The largest absolute Gasteiger partial charge is 0.486 e. The van der Waals surface area contributed by atoms with Crippen molar-refractivity contribution in [3.63, 3.8) is 0 Å². The van der Waals surface area contributed by atoms with Crippen LogP contribution in [0.15, 0.2) is 52.2 Å². The molecule has 0 aliphatic carbocycles. The number of urea groups is 1. The average Bonchev–Trinajstić information content (AvgIpc) is 3.41. The molecular formula is C20H22ClN5O4S. The summed E-state index contributed by atoms with van der Waals surface area (Å²) in [6.07, 6.45) is 2.37. The van der Waals surface area contributed by atoms with Crippen LogP contribution in [-0.4, -0.2) is 39.0 Å². The number of nitrogens with one attached hydrogen (secondary N) is 2. The molecule has 2 heterocycles. The number of aromatic nitrogens is 3. The van der Waals surface area contributed by atoms with Gasteiger partial charge >= 0.3 is 6.03 Å². The highest BCUT2D eigenvalue weighted by atomic mass is 35.5. The Kier molecular flexibility index (Phi) is 8.36. The van der Waals surface area contributed by atoms with Gasteiger partial charge in [0.05, 0.1) is 18.6 Å². The molecule has 0 radical (unpaired) electrons. The average molecular weight is 464 g/mol. The normalized spacial score (nSPS) is 10.6. The number of rotatable bonds is 10. The van der Waals surface area contributed by atoms with Gasteiger partial charge in [-0.1, -0.05) is 30.3 Å². The first kappa shape index (κ1) is 22.7. The summed E-state index contributed by atoms with van der Waals surface area (Å²) in [6.45, 7) is 2.97. The molecule has 0 aliphatic rings. The van der Waals surface area contributed by atoms with Crippen molar-refractivity contribution in [2.75, 3.05) is 12.3 Å². The van der Waals surface area contributed by atoms with E-state index in [0.29, 0.717) is 40.6 Å². The second-order valence-corrected chi connectivity index (χ2v) is 7.78. The van der Waals surface area contributed by atoms with E-state index in [1.165, 1.54) is 11.8 Å². The summed E-state index contributed by atoms with van der Waals surface area (Å²) in [7, 11) is 0. The van der Waals surface area contributed by atoms with Crippen molar-refractivity contribution in [2.24, 2.45) is 0 Å². The predicted molar refractivity (Wildman–Crippen MR) is 116 cm³/mol. The van der Waals surface area contributed by atoms with Crippen LogP contribution in [0, 0.1) is 0 Å². The van der Waals surface area contributed by atoms with Crippen LogP contribution < -0.4 is 15.4 Å². The molecule has 2 N–H and O–H groups in total. The predicted octanol–water partition coefficient (Wildman–Crippen LogP) is 3.48. The second-order valence-electron chi connectivity index (χ2n) is 6.40. The first-order chi connectivity index (χ1) is 15.0. The number of hydrogen-bond donors (Lipinski definition) is 2. The summed E-state index contributed by atoms with van der Waals surface area (Å²) in [5.74, 6) is 1.50. The van der Waals surface area contributed by atoms with E-state index in [1.54, 1.807) is 36.6 Å². The highest BCUT2D eigenvalue weighted by Crippen LogP contribution is 2.21. The van der Waals surface area contributed by atoms with E-state index in [2.05, 4.69) is 20.8 Å². The molecule has 0 saturated carbocycles. The van der Waals surface area contributed by atoms with Crippen LogP contribution in [0.3, 0.4) is 0 Å². The minimum Gasteiger partial charge on any atom is -0.486 e. The van der Waals surface area contributed by atoms with Gasteiger partial charge in [-0.25, -0.2) is 4.79 Å². The fourth-order valence-corrected chi connectivity index (χ4v) is 3.39. The molecule has 3 aromatic rings. The van der Waals surface area contributed by atoms with E-state index in [-0.39, 0.29) is 12.4 Å². The number of carbonyl (C=O) groups is 2. The van der Waals surface area contributed by atoms with Gasteiger partial charge in [0.15, 0.2) is 11.0 Å². The van der Waals surface area contributed by atoms with Crippen LogP contribution in [0.4, 0.5) is 4.79 Å². The van der Waals surface area contributed by atoms with Gasteiger partial charge in [0.25, 0.3) is 0 Å². The number of amides is 3. The first-order valence-corrected chi connectivity index (χ1v) is 10.9. The van der Waals surface area contributed by atoms with Gasteiger partial charge in [0.1, 0.15) is 18.1 Å². The lowest BCUT2D eigenvalue weighted by molar-refractivity contribution is -0.117. The van der Waals surface area contributed by atoms with Crippen LogP contribution in [-0.2, 0) is 17.9 Å². The number of hydrogen-bond acceptors (Lipinski definition) is 7. The Balaban J connectivity index is 1.65. The Bertz CT molecular complexity index is 992. The number of carbonyl (C=O) groups excluding carboxylic acids is 2. The maximum Gasteiger partial charge on any atom is 0.321 e. The van der Waals surface area contributed by atoms with Crippen LogP contribution in [0.25, 0.3) is 0 Å². The first-order valence-electron chi connectivity index (χ1n) is 9.58. The molecule has 0 aliphatic heterocycles. The van der Waals surface area contributed by atoms with Gasteiger partial charge in [0, 0.05) is 11.6 Å². The SMILES string of the molecule is CCCNC(=O)NC(=O)CSc1nnc(COc2ccc(Cl)cc2)n1Cc1ccco1. The highest BCUT2D eigenvalue weighted by Gasteiger charge is 2.17. The van der Waals surface area contributed by atoms with Crippen molar-refractivity contribution < 1.29 is 18.7 Å². The van der Waals surface area contributed by atoms with Gasteiger partial charge in [-0.2, -0.15) is 0 Å². The van der Waals surface area contributed by atoms with Crippen LogP contribution >= 0.6 is 23.4 Å². The van der Waals surface area contributed by atoms with Gasteiger partial charge in [-0.05, 0) is 42.8 Å². The Morgan fingerprint density at radius 3 is 2.74 bits per heavy atom. The zero-order chi connectivity index (χ0) is 22.1. The van der Waals surface area contributed by atoms with Crippen molar-refractivity contribution in [2.45, 2.75) is 31.7 Å². The van der Waals surface area contributed by atoms with Crippen molar-refractivity contribution in [3.8, 4) is 5.75 Å². The van der Waals surface area contributed by atoms with E-state index in [4.69, 9.17) is 20.8 Å². The monoisotopic (exact) mass is 463 g/mol. The Hall–Kier alpha value is -2.98. The fourth-order valence-electron chi connectivity index (χ4n) is 2.50. The summed E-state index contributed by atoms with van der Waals surface area (Å²) in [5, 5.41) is 14.4. The fraction of sp³-hybridized carbons (Fsp3) is 0.300.